The summed E-state index contributed by atoms with van der Waals surface area (Å²) in [6, 6.07) is 7.78. The molecular weight excluding hydrogens is 514 g/mol. The maximum atomic E-state index is 12.2. The monoisotopic (exact) mass is 537 g/mol. The van der Waals surface area contributed by atoms with Crippen LogP contribution in [0.3, 0.4) is 0 Å². The fraction of sp³-hybridized carbons (Fsp3) is 0.455. The van der Waals surface area contributed by atoms with E-state index in [0.29, 0.717) is 18.9 Å². The van der Waals surface area contributed by atoms with Gasteiger partial charge in [-0.2, -0.15) is 0 Å². The van der Waals surface area contributed by atoms with Crippen molar-refractivity contribution in [2.24, 2.45) is 5.92 Å². The fourth-order valence-corrected chi connectivity index (χ4v) is 4.65. The molecule has 1 N–H and O–H groups in total. The highest BCUT2D eigenvalue weighted by atomic mass is 79.9. The molecule has 1 atom stereocenters. The van der Waals surface area contributed by atoms with Gasteiger partial charge in [0.25, 0.3) is 0 Å². The SMILES string of the molecule is O=C(Cc1cncc(Br)c1)NCC1CCN(C[C@H]2COc3ccc(Br)cc3O2)CC1. The molecule has 2 aromatic rings. The van der Waals surface area contributed by atoms with Crippen LogP contribution >= 0.6 is 31.9 Å². The molecule has 8 heteroatoms. The molecule has 30 heavy (non-hydrogen) atoms. The van der Waals surface area contributed by atoms with Crippen LogP contribution in [0.25, 0.3) is 0 Å². The Balaban J connectivity index is 1.17. The quantitative estimate of drug-likeness (QED) is 0.605. The molecule has 0 aliphatic carbocycles. The first-order valence-corrected chi connectivity index (χ1v) is 11.8. The Bertz CT molecular complexity index is 888. The number of pyridine rings is 1. The molecule has 1 saturated heterocycles. The molecule has 2 aliphatic rings. The average Bonchev–Trinajstić information content (AvgIpc) is 2.73. The molecule has 1 fully saturated rings. The van der Waals surface area contributed by atoms with Crippen LogP contribution in [-0.2, 0) is 11.2 Å². The van der Waals surface area contributed by atoms with E-state index in [0.717, 1.165) is 65.0 Å². The summed E-state index contributed by atoms with van der Waals surface area (Å²) in [6.07, 6.45) is 6.01. The van der Waals surface area contributed by atoms with Crippen LogP contribution in [0.5, 0.6) is 11.5 Å². The number of piperidine rings is 1. The minimum Gasteiger partial charge on any atom is -0.486 e. The average molecular weight is 539 g/mol. The van der Waals surface area contributed by atoms with Gasteiger partial charge < -0.3 is 14.8 Å². The van der Waals surface area contributed by atoms with Crippen LogP contribution in [0.1, 0.15) is 18.4 Å². The highest BCUT2D eigenvalue weighted by Crippen LogP contribution is 2.34. The zero-order chi connectivity index (χ0) is 20.9. The van der Waals surface area contributed by atoms with Gasteiger partial charge in [0, 0.05) is 34.4 Å². The summed E-state index contributed by atoms with van der Waals surface area (Å²) in [6.45, 7) is 4.21. The lowest BCUT2D eigenvalue weighted by molar-refractivity contribution is -0.120. The fourth-order valence-electron chi connectivity index (χ4n) is 3.90. The molecule has 1 aromatic heterocycles. The summed E-state index contributed by atoms with van der Waals surface area (Å²) in [7, 11) is 0. The first kappa shape index (κ1) is 21.6. The molecule has 3 heterocycles. The van der Waals surface area contributed by atoms with E-state index in [1.807, 2.05) is 24.3 Å². The highest BCUT2D eigenvalue weighted by Gasteiger charge is 2.26. The number of benzene rings is 1. The van der Waals surface area contributed by atoms with Crippen LogP contribution in [-0.4, -0.2) is 54.7 Å². The third-order valence-corrected chi connectivity index (χ3v) is 6.43. The van der Waals surface area contributed by atoms with E-state index in [9.17, 15) is 4.79 Å². The predicted molar refractivity (Wildman–Crippen MR) is 122 cm³/mol. The summed E-state index contributed by atoms with van der Waals surface area (Å²) in [5.41, 5.74) is 0.917. The molecule has 0 bridgehead atoms. The normalized spacial score (nSPS) is 19.5. The van der Waals surface area contributed by atoms with Gasteiger partial charge >= 0.3 is 0 Å². The molecule has 1 aromatic carbocycles. The maximum absolute atomic E-state index is 12.2. The number of ether oxygens (including phenoxy) is 2. The van der Waals surface area contributed by atoms with Crippen molar-refractivity contribution >= 4 is 37.8 Å². The van der Waals surface area contributed by atoms with Gasteiger partial charge in [0.1, 0.15) is 12.7 Å². The van der Waals surface area contributed by atoms with Crippen molar-refractivity contribution in [3.05, 3.63) is 51.2 Å². The van der Waals surface area contributed by atoms with Crippen molar-refractivity contribution in [3.8, 4) is 11.5 Å². The minimum atomic E-state index is 0.0434. The Kier molecular flexibility index (Phi) is 7.28. The number of rotatable bonds is 6. The van der Waals surface area contributed by atoms with Gasteiger partial charge in [-0.3, -0.25) is 14.7 Å². The van der Waals surface area contributed by atoms with Gasteiger partial charge in [0.2, 0.25) is 5.91 Å². The standard InChI is InChI=1S/C22H25Br2N3O3/c23-17-1-2-20-21(9-17)30-19(14-29-20)13-27-5-3-15(4-6-27)11-26-22(28)8-16-7-18(24)12-25-10-16/h1-2,7,9-10,12,15,19H,3-6,8,11,13-14H2,(H,26,28)/t19-/m0/s1. The Morgan fingerprint density at radius 2 is 1.97 bits per heavy atom. The zero-order valence-corrected chi connectivity index (χ0v) is 19.8. The number of hydrogen-bond donors (Lipinski definition) is 1. The summed E-state index contributed by atoms with van der Waals surface area (Å²) in [5, 5.41) is 3.08. The number of nitrogens with zero attached hydrogens (tertiary/aromatic N) is 2. The molecule has 1 amide bonds. The molecule has 160 valence electrons. The number of halogens is 2. The summed E-state index contributed by atoms with van der Waals surface area (Å²) in [5.74, 6) is 2.18. The minimum absolute atomic E-state index is 0.0434. The summed E-state index contributed by atoms with van der Waals surface area (Å²) >= 11 is 6.87. The molecular formula is C22H25Br2N3O3. The van der Waals surface area contributed by atoms with Crippen molar-refractivity contribution in [3.63, 3.8) is 0 Å². The number of carbonyl (C=O) groups is 1. The van der Waals surface area contributed by atoms with Crippen molar-refractivity contribution < 1.29 is 14.3 Å². The molecule has 2 aliphatic heterocycles. The lowest BCUT2D eigenvalue weighted by Gasteiger charge is -2.35. The third kappa shape index (κ3) is 5.95. The second kappa shape index (κ2) is 10.1. The Hall–Kier alpha value is -1.64. The molecule has 0 unspecified atom stereocenters. The number of nitrogens with one attached hydrogen (secondary N) is 1. The van der Waals surface area contributed by atoms with Crippen LogP contribution in [0, 0.1) is 5.92 Å². The van der Waals surface area contributed by atoms with Gasteiger partial charge in [0.05, 0.1) is 6.42 Å². The molecule has 0 saturated carbocycles. The van der Waals surface area contributed by atoms with Crippen LogP contribution in [0.15, 0.2) is 45.6 Å². The van der Waals surface area contributed by atoms with Crippen molar-refractivity contribution in [1.82, 2.24) is 15.2 Å². The number of likely N-dealkylation sites (tertiary alicyclic amines) is 1. The van der Waals surface area contributed by atoms with Gasteiger partial charge in [0.15, 0.2) is 11.5 Å². The number of hydrogen-bond acceptors (Lipinski definition) is 5. The third-order valence-electron chi connectivity index (χ3n) is 5.51. The van der Waals surface area contributed by atoms with Crippen LogP contribution in [0.4, 0.5) is 0 Å². The summed E-state index contributed by atoms with van der Waals surface area (Å²) in [4.78, 5) is 18.8. The first-order chi connectivity index (χ1) is 14.5. The lowest BCUT2D eigenvalue weighted by atomic mass is 9.96. The van der Waals surface area contributed by atoms with E-state index >= 15 is 0 Å². The summed E-state index contributed by atoms with van der Waals surface area (Å²) < 4.78 is 13.9. The van der Waals surface area contributed by atoms with Crippen LogP contribution in [0.2, 0.25) is 0 Å². The van der Waals surface area contributed by atoms with Gasteiger partial charge in [-0.25, -0.2) is 0 Å². The van der Waals surface area contributed by atoms with E-state index in [2.05, 4.69) is 47.1 Å². The van der Waals surface area contributed by atoms with E-state index in [4.69, 9.17) is 9.47 Å². The van der Waals surface area contributed by atoms with E-state index < -0.39 is 0 Å². The smallest absolute Gasteiger partial charge is 0.224 e. The molecule has 4 rings (SSSR count). The number of amides is 1. The van der Waals surface area contributed by atoms with E-state index in [1.165, 1.54) is 0 Å². The van der Waals surface area contributed by atoms with E-state index in [1.54, 1.807) is 12.4 Å². The highest BCUT2D eigenvalue weighted by molar-refractivity contribution is 9.10. The van der Waals surface area contributed by atoms with Crippen LogP contribution < -0.4 is 14.8 Å². The number of carbonyl (C=O) groups excluding carboxylic acids is 1. The van der Waals surface area contributed by atoms with Gasteiger partial charge in [-0.05, 0) is 77.6 Å². The van der Waals surface area contributed by atoms with Crippen molar-refractivity contribution in [1.29, 1.82) is 0 Å². The van der Waals surface area contributed by atoms with Gasteiger partial charge in [-0.15, -0.1) is 0 Å². The first-order valence-electron chi connectivity index (χ1n) is 10.2. The topological polar surface area (TPSA) is 63.7 Å². The number of aromatic nitrogens is 1. The Morgan fingerprint density at radius 1 is 1.13 bits per heavy atom. The van der Waals surface area contributed by atoms with E-state index in [-0.39, 0.29) is 12.0 Å². The predicted octanol–water partition coefficient (Wildman–Crippen LogP) is 3.82. The van der Waals surface area contributed by atoms with Crippen molar-refractivity contribution in [2.45, 2.75) is 25.4 Å². The second-order valence-electron chi connectivity index (χ2n) is 7.88. The molecule has 0 radical (unpaired) electrons. The van der Waals surface area contributed by atoms with Gasteiger partial charge in [-0.1, -0.05) is 15.9 Å². The largest absolute Gasteiger partial charge is 0.486 e. The number of fused-ring (bicyclic) bond motifs is 1. The van der Waals surface area contributed by atoms with Crippen molar-refractivity contribution in [2.75, 3.05) is 32.8 Å². The molecule has 6 nitrogen and oxygen atoms in total. The molecule has 0 spiro atoms. The Morgan fingerprint density at radius 3 is 2.77 bits per heavy atom. The second-order valence-corrected chi connectivity index (χ2v) is 9.71. The zero-order valence-electron chi connectivity index (χ0n) is 16.7. The maximum Gasteiger partial charge on any atom is 0.224 e. The Labute approximate surface area is 193 Å². The lowest BCUT2D eigenvalue weighted by Crippen LogP contribution is -2.45.